The first kappa shape index (κ1) is 13.1. The lowest BCUT2D eigenvalue weighted by Crippen LogP contribution is -1.92. The highest BCUT2D eigenvalue weighted by molar-refractivity contribution is 9.10. The second kappa shape index (κ2) is 5.55. The molecule has 0 unspecified atom stereocenters. The highest BCUT2D eigenvalue weighted by Gasteiger charge is 2.04. The molecular weight excluding hydrogens is 292 g/mol. The molecule has 0 saturated heterocycles. The summed E-state index contributed by atoms with van der Waals surface area (Å²) >= 11 is 3.43. The Morgan fingerprint density at radius 3 is 2.50 bits per heavy atom. The molecule has 0 amide bonds. The molecule has 94 valence electrons. The van der Waals surface area contributed by atoms with Crippen molar-refractivity contribution >= 4 is 15.9 Å². The second-order valence-electron chi connectivity index (χ2n) is 4.26. The molecular formula is C15H15BrO2. The minimum absolute atomic E-state index is 0.0576. The van der Waals surface area contributed by atoms with Gasteiger partial charge in [-0.2, -0.15) is 0 Å². The van der Waals surface area contributed by atoms with Crippen molar-refractivity contribution in [1.29, 1.82) is 0 Å². The summed E-state index contributed by atoms with van der Waals surface area (Å²) in [5, 5.41) is 9.13. The van der Waals surface area contributed by atoms with Gasteiger partial charge in [0.25, 0.3) is 0 Å². The number of aliphatic hydroxyl groups excluding tert-OH is 1. The van der Waals surface area contributed by atoms with E-state index in [0.29, 0.717) is 0 Å². The van der Waals surface area contributed by atoms with Crippen molar-refractivity contribution in [3.63, 3.8) is 0 Å². The molecule has 0 fully saturated rings. The minimum atomic E-state index is 0.0576. The largest absolute Gasteiger partial charge is 0.457 e. The Balaban J connectivity index is 2.28. The van der Waals surface area contributed by atoms with Gasteiger partial charge in [-0.25, -0.2) is 0 Å². The monoisotopic (exact) mass is 306 g/mol. The highest BCUT2D eigenvalue weighted by atomic mass is 79.9. The fraction of sp³-hybridized carbons (Fsp3) is 0.200. The Morgan fingerprint density at radius 1 is 1.06 bits per heavy atom. The maximum atomic E-state index is 9.13. The van der Waals surface area contributed by atoms with E-state index in [2.05, 4.69) is 15.9 Å². The van der Waals surface area contributed by atoms with Crippen molar-refractivity contribution in [3.8, 4) is 11.5 Å². The molecule has 3 heteroatoms. The van der Waals surface area contributed by atoms with E-state index in [4.69, 9.17) is 9.84 Å². The quantitative estimate of drug-likeness (QED) is 0.913. The average molecular weight is 307 g/mol. The summed E-state index contributed by atoms with van der Waals surface area (Å²) < 4.78 is 6.85. The zero-order valence-corrected chi connectivity index (χ0v) is 12.0. The van der Waals surface area contributed by atoms with Gasteiger partial charge in [0.05, 0.1) is 6.61 Å². The average Bonchev–Trinajstić information content (AvgIpc) is 2.34. The summed E-state index contributed by atoms with van der Waals surface area (Å²) in [5.41, 5.74) is 3.04. The number of hydrogen-bond acceptors (Lipinski definition) is 2. The van der Waals surface area contributed by atoms with Gasteiger partial charge in [0, 0.05) is 4.47 Å². The smallest absolute Gasteiger partial charge is 0.131 e. The zero-order chi connectivity index (χ0) is 13.1. The number of aryl methyl sites for hydroxylation is 2. The zero-order valence-electron chi connectivity index (χ0n) is 10.4. The number of ether oxygens (including phenoxy) is 1. The third-order valence-electron chi connectivity index (χ3n) is 2.86. The molecule has 0 spiro atoms. The number of hydrogen-bond donors (Lipinski definition) is 1. The summed E-state index contributed by atoms with van der Waals surface area (Å²) in [4.78, 5) is 0. The molecule has 2 aromatic carbocycles. The van der Waals surface area contributed by atoms with Crippen molar-refractivity contribution < 1.29 is 9.84 Å². The summed E-state index contributed by atoms with van der Waals surface area (Å²) in [7, 11) is 0. The predicted octanol–water partition coefficient (Wildman–Crippen LogP) is 4.35. The number of aliphatic hydroxyl groups is 1. The van der Waals surface area contributed by atoms with Crippen LogP contribution in [-0.2, 0) is 6.61 Å². The van der Waals surface area contributed by atoms with Crippen LogP contribution in [0.25, 0.3) is 0 Å². The number of rotatable bonds is 3. The lowest BCUT2D eigenvalue weighted by molar-refractivity contribution is 0.281. The first-order valence-corrected chi connectivity index (χ1v) is 6.54. The normalized spacial score (nSPS) is 10.4. The molecule has 18 heavy (non-hydrogen) atoms. The lowest BCUT2D eigenvalue weighted by atomic mass is 10.1. The first-order valence-electron chi connectivity index (χ1n) is 5.74. The third kappa shape index (κ3) is 2.92. The second-order valence-corrected chi connectivity index (χ2v) is 5.17. The topological polar surface area (TPSA) is 29.5 Å². The predicted molar refractivity (Wildman–Crippen MR) is 76.1 cm³/mol. The van der Waals surface area contributed by atoms with Crippen LogP contribution in [0.5, 0.6) is 11.5 Å². The van der Waals surface area contributed by atoms with E-state index < -0.39 is 0 Å². The molecule has 0 radical (unpaired) electrons. The van der Waals surface area contributed by atoms with Crippen LogP contribution >= 0.6 is 15.9 Å². The van der Waals surface area contributed by atoms with Gasteiger partial charge >= 0.3 is 0 Å². The van der Waals surface area contributed by atoms with Crippen LogP contribution in [0.3, 0.4) is 0 Å². The van der Waals surface area contributed by atoms with E-state index in [-0.39, 0.29) is 6.61 Å². The van der Waals surface area contributed by atoms with Crippen molar-refractivity contribution in [1.82, 2.24) is 0 Å². The lowest BCUT2D eigenvalue weighted by Gasteiger charge is -2.11. The van der Waals surface area contributed by atoms with Crippen LogP contribution < -0.4 is 4.74 Å². The molecule has 0 heterocycles. The van der Waals surface area contributed by atoms with E-state index in [0.717, 1.165) is 32.7 Å². The van der Waals surface area contributed by atoms with Crippen molar-refractivity contribution in [3.05, 3.63) is 57.6 Å². The molecule has 2 rings (SSSR count). The molecule has 0 saturated carbocycles. The molecule has 0 aliphatic heterocycles. The van der Waals surface area contributed by atoms with Crippen LogP contribution in [0.4, 0.5) is 0 Å². The van der Waals surface area contributed by atoms with Gasteiger partial charge in [-0.05, 0) is 54.8 Å². The number of benzene rings is 2. The van der Waals surface area contributed by atoms with E-state index >= 15 is 0 Å². The Hall–Kier alpha value is -1.32. The van der Waals surface area contributed by atoms with Crippen LogP contribution in [0.1, 0.15) is 16.7 Å². The molecule has 2 nitrogen and oxygen atoms in total. The van der Waals surface area contributed by atoms with E-state index in [9.17, 15) is 0 Å². The first-order chi connectivity index (χ1) is 8.60. The van der Waals surface area contributed by atoms with Gasteiger partial charge in [0.2, 0.25) is 0 Å². The van der Waals surface area contributed by atoms with Gasteiger partial charge < -0.3 is 9.84 Å². The summed E-state index contributed by atoms with van der Waals surface area (Å²) in [6.45, 7) is 4.03. The van der Waals surface area contributed by atoms with Crippen LogP contribution in [0, 0.1) is 13.8 Å². The van der Waals surface area contributed by atoms with Crippen molar-refractivity contribution in [2.24, 2.45) is 0 Å². The maximum absolute atomic E-state index is 9.13. The molecule has 0 aliphatic rings. The van der Waals surface area contributed by atoms with E-state index in [1.165, 1.54) is 0 Å². The van der Waals surface area contributed by atoms with Crippen molar-refractivity contribution in [2.75, 3.05) is 0 Å². The fourth-order valence-electron chi connectivity index (χ4n) is 1.72. The maximum Gasteiger partial charge on any atom is 0.131 e. The van der Waals surface area contributed by atoms with Gasteiger partial charge in [-0.15, -0.1) is 0 Å². The summed E-state index contributed by atoms with van der Waals surface area (Å²) in [6.07, 6.45) is 0. The molecule has 0 bridgehead atoms. The Bertz CT molecular complexity index is 564. The van der Waals surface area contributed by atoms with Gasteiger partial charge in [0.1, 0.15) is 11.5 Å². The van der Waals surface area contributed by atoms with E-state index in [1.54, 1.807) is 0 Å². The molecule has 2 aromatic rings. The van der Waals surface area contributed by atoms with Gasteiger partial charge in [-0.1, -0.05) is 28.1 Å². The van der Waals surface area contributed by atoms with Crippen molar-refractivity contribution in [2.45, 2.75) is 20.5 Å². The summed E-state index contributed by atoms with van der Waals surface area (Å²) in [6, 6.07) is 11.6. The third-order valence-corrected chi connectivity index (χ3v) is 3.36. The molecule has 1 N–H and O–H groups in total. The summed E-state index contributed by atoms with van der Waals surface area (Å²) in [5.74, 6) is 1.62. The minimum Gasteiger partial charge on any atom is -0.457 e. The van der Waals surface area contributed by atoms with Gasteiger partial charge in [-0.3, -0.25) is 0 Å². The molecule has 0 aromatic heterocycles. The Morgan fingerprint density at radius 2 is 1.83 bits per heavy atom. The Kier molecular flexibility index (Phi) is 4.04. The van der Waals surface area contributed by atoms with E-state index in [1.807, 2.05) is 50.2 Å². The van der Waals surface area contributed by atoms with Crippen LogP contribution in [0.2, 0.25) is 0 Å². The molecule has 0 atom stereocenters. The Labute approximate surface area is 115 Å². The van der Waals surface area contributed by atoms with Gasteiger partial charge in [0.15, 0.2) is 0 Å². The molecule has 0 aliphatic carbocycles. The fourth-order valence-corrected chi connectivity index (χ4v) is 2.06. The number of halogens is 1. The highest BCUT2D eigenvalue weighted by Crippen LogP contribution is 2.29. The standard InChI is InChI=1S/C15H15BrO2/c1-10-3-5-13(16)8-15(10)18-14-6-4-12(9-17)11(2)7-14/h3-8,17H,9H2,1-2H3. The van der Waals surface area contributed by atoms with Crippen LogP contribution in [0.15, 0.2) is 40.9 Å². The SMILES string of the molecule is Cc1cc(Oc2cc(Br)ccc2C)ccc1CO. The van der Waals surface area contributed by atoms with Crippen LogP contribution in [-0.4, -0.2) is 5.11 Å².